The first-order chi connectivity index (χ1) is 12.3. The minimum atomic E-state index is 0.568. The van der Waals surface area contributed by atoms with Crippen LogP contribution in [-0.2, 0) is 0 Å². The molecular weight excluding hydrogens is 312 g/mol. The molecule has 0 bridgehead atoms. The van der Waals surface area contributed by atoms with Gasteiger partial charge in [-0.3, -0.25) is 4.98 Å². The molecule has 124 valence electrons. The lowest BCUT2D eigenvalue weighted by Crippen LogP contribution is -2.07. The van der Waals surface area contributed by atoms with Crippen LogP contribution in [0.15, 0.2) is 60.9 Å². The summed E-state index contributed by atoms with van der Waals surface area (Å²) in [4.78, 5) is 13.4. The number of pyridine rings is 1. The summed E-state index contributed by atoms with van der Waals surface area (Å²) < 4.78 is 1.75. The van der Waals surface area contributed by atoms with E-state index in [1.54, 1.807) is 16.9 Å². The molecule has 3 heterocycles. The third kappa shape index (κ3) is 3.06. The fourth-order valence-corrected chi connectivity index (χ4v) is 2.62. The molecule has 0 aliphatic carbocycles. The molecule has 0 amide bonds. The summed E-state index contributed by atoms with van der Waals surface area (Å²) in [5.74, 6) is 2.07. The molecule has 25 heavy (non-hydrogen) atoms. The SMILES string of the molecule is CCCNc1cc(-c2ccccc2)nc2nc(-c3cccnc3)nn12. The molecule has 0 aliphatic rings. The van der Waals surface area contributed by atoms with Gasteiger partial charge in [-0.15, -0.1) is 5.10 Å². The van der Waals surface area contributed by atoms with E-state index in [-0.39, 0.29) is 0 Å². The molecule has 6 heteroatoms. The lowest BCUT2D eigenvalue weighted by Gasteiger charge is -2.09. The van der Waals surface area contributed by atoms with Gasteiger partial charge < -0.3 is 5.32 Å². The van der Waals surface area contributed by atoms with Crippen molar-refractivity contribution in [3.63, 3.8) is 0 Å². The Labute approximate surface area is 145 Å². The van der Waals surface area contributed by atoms with Crippen LogP contribution in [0.1, 0.15) is 13.3 Å². The van der Waals surface area contributed by atoms with Gasteiger partial charge >= 0.3 is 0 Å². The van der Waals surface area contributed by atoms with Crippen molar-refractivity contribution >= 4 is 11.6 Å². The summed E-state index contributed by atoms with van der Waals surface area (Å²) in [5.41, 5.74) is 2.79. The molecule has 0 radical (unpaired) electrons. The first-order valence-electron chi connectivity index (χ1n) is 8.32. The number of nitrogens with one attached hydrogen (secondary N) is 1. The molecule has 0 atom stereocenters. The minimum Gasteiger partial charge on any atom is -0.370 e. The van der Waals surface area contributed by atoms with Crippen LogP contribution < -0.4 is 5.32 Å². The van der Waals surface area contributed by atoms with Crippen molar-refractivity contribution in [2.75, 3.05) is 11.9 Å². The first-order valence-corrected chi connectivity index (χ1v) is 8.32. The largest absolute Gasteiger partial charge is 0.370 e. The molecular formula is C19H18N6. The van der Waals surface area contributed by atoms with Crippen LogP contribution in [0.5, 0.6) is 0 Å². The van der Waals surface area contributed by atoms with E-state index in [1.165, 1.54) is 0 Å². The van der Waals surface area contributed by atoms with E-state index >= 15 is 0 Å². The van der Waals surface area contributed by atoms with Crippen molar-refractivity contribution in [1.29, 1.82) is 0 Å². The fourth-order valence-electron chi connectivity index (χ4n) is 2.62. The molecule has 0 fully saturated rings. The van der Waals surface area contributed by atoms with Gasteiger partial charge in [0.2, 0.25) is 0 Å². The molecule has 6 nitrogen and oxygen atoms in total. The van der Waals surface area contributed by atoms with Crippen LogP contribution in [0.4, 0.5) is 5.82 Å². The van der Waals surface area contributed by atoms with E-state index in [1.807, 2.05) is 48.5 Å². The average molecular weight is 330 g/mol. The predicted molar refractivity (Wildman–Crippen MR) is 98.2 cm³/mol. The van der Waals surface area contributed by atoms with Gasteiger partial charge in [-0.1, -0.05) is 37.3 Å². The number of benzene rings is 1. The van der Waals surface area contributed by atoms with Crippen LogP contribution in [0.3, 0.4) is 0 Å². The van der Waals surface area contributed by atoms with Crippen molar-refractivity contribution < 1.29 is 0 Å². The van der Waals surface area contributed by atoms with E-state index in [0.29, 0.717) is 11.6 Å². The second-order valence-electron chi connectivity index (χ2n) is 5.71. The minimum absolute atomic E-state index is 0.568. The first kappa shape index (κ1) is 15.3. The average Bonchev–Trinajstić information content (AvgIpc) is 3.12. The van der Waals surface area contributed by atoms with Crippen molar-refractivity contribution in [3.05, 3.63) is 60.9 Å². The second kappa shape index (κ2) is 6.68. The highest BCUT2D eigenvalue weighted by molar-refractivity contribution is 5.66. The highest BCUT2D eigenvalue weighted by Crippen LogP contribution is 2.23. The number of hydrogen-bond donors (Lipinski definition) is 1. The normalized spacial score (nSPS) is 10.9. The third-order valence-corrected chi connectivity index (χ3v) is 3.86. The lowest BCUT2D eigenvalue weighted by molar-refractivity contribution is 0.905. The zero-order chi connectivity index (χ0) is 17.1. The maximum atomic E-state index is 4.69. The monoisotopic (exact) mass is 330 g/mol. The number of hydrogen-bond acceptors (Lipinski definition) is 5. The molecule has 0 saturated heterocycles. The third-order valence-electron chi connectivity index (χ3n) is 3.86. The molecule has 0 spiro atoms. The smallest absolute Gasteiger partial charge is 0.255 e. The molecule has 4 rings (SSSR count). The predicted octanol–water partition coefficient (Wildman–Crippen LogP) is 3.68. The van der Waals surface area contributed by atoms with Gasteiger partial charge in [0.05, 0.1) is 5.69 Å². The highest BCUT2D eigenvalue weighted by Gasteiger charge is 2.13. The van der Waals surface area contributed by atoms with E-state index in [0.717, 1.165) is 35.6 Å². The molecule has 3 aromatic heterocycles. The second-order valence-corrected chi connectivity index (χ2v) is 5.71. The number of nitrogens with zero attached hydrogens (tertiary/aromatic N) is 5. The van der Waals surface area contributed by atoms with Gasteiger partial charge in [-0.2, -0.15) is 9.50 Å². The summed E-state index contributed by atoms with van der Waals surface area (Å²) in [6.45, 7) is 2.99. The number of anilines is 1. The molecule has 1 N–H and O–H groups in total. The van der Waals surface area contributed by atoms with Crippen molar-refractivity contribution in [1.82, 2.24) is 24.6 Å². The van der Waals surface area contributed by atoms with Gasteiger partial charge in [0.15, 0.2) is 5.82 Å². The molecule has 4 aromatic rings. The Balaban J connectivity index is 1.87. The van der Waals surface area contributed by atoms with Crippen LogP contribution in [-0.4, -0.2) is 31.1 Å². The Morgan fingerprint density at radius 1 is 1.00 bits per heavy atom. The van der Waals surface area contributed by atoms with E-state index < -0.39 is 0 Å². The summed E-state index contributed by atoms with van der Waals surface area (Å²) >= 11 is 0. The van der Waals surface area contributed by atoms with Gasteiger partial charge in [0, 0.05) is 36.1 Å². The summed E-state index contributed by atoms with van der Waals surface area (Å²) in [7, 11) is 0. The van der Waals surface area contributed by atoms with E-state index in [4.69, 9.17) is 0 Å². The number of rotatable bonds is 5. The molecule has 1 aromatic carbocycles. The van der Waals surface area contributed by atoms with Crippen molar-refractivity contribution in [2.45, 2.75) is 13.3 Å². The summed E-state index contributed by atoms with van der Waals surface area (Å²) in [5, 5.41) is 8.03. The number of aromatic nitrogens is 5. The lowest BCUT2D eigenvalue weighted by atomic mass is 10.1. The van der Waals surface area contributed by atoms with Crippen molar-refractivity contribution in [3.8, 4) is 22.6 Å². The maximum absolute atomic E-state index is 4.69. The topological polar surface area (TPSA) is 68.0 Å². The summed E-state index contributed by atoms with van der Waals surface area (Å²) in [6, 6.07) is 15.9. The Kier molecular flexibility index (Phi) is 4.08. The van der Waals surface area contributed by atoms with Crippen LogP contribution >= 0.6 is 0 Å². The Hall–Kier alpha value is -3.28. The maximum Gasteiger partial charge on any atom is 0.255 e. The van der Waals surface area contributed by atoms with Gasteiger partial charge in [-0.05, 0) is 18.6 Å². The summed E-state index contributed by atoms with van der Waals surface area (Å²) in [6.07, 6.45) is 4.51. The van der Waals surface area contributed by atoms with Gasteiger partial charge in [0.25, 0.3) is 5.78 Å². The zero-order valence-corrected chi connectivity index (χ0v) is 13.9. The number of fused-ring (bicyclic) bond motifs is 1. The molecule has 0 saturated carbocycles. The quantitative estimate of drug-likeness (QED) is 0.604. The Morgan fingerprint density at radius 2 is 1.84 bits per heavy atom. The Morgan fingerprint density at radius 3 is 2.60 bits per heavy atom. The van der Waals surface area contributed by atoms with Gasteiger partial charge in [-0.25, -0.2) is 4.98 Å². The highest BCUT2D eigenvalue weighted by atomic mass is 15.4. The standard InChI is InChI=1S/C19H18N6/c1-2-10-21-17-12-16(14-7-4-3-5-8-14)22-19-23-18(24-25(17)19)15-9-6-11-20-13-15/h3-9,11-13,21H,2,10H2,1H3. The fraction of sp³-hybridized carbons (Fsp3) is 0.158. The van der Waals surface area contributed by atoms with E-state index in [9.17, 15) is 0 Å². The van der Waals surface area contributed by atoms with E-state index in [2.05, 4.69) is 32.3 Å². The molecule has 0 aliphatic heterocycles. The van der Waals surface area contributed by atoms with Gasteiger partial charge in [0.1, 0.15) is 5.82 Å². The van der Waals surface area contributed by atoms with Crippen LogP contribution in [0.2, 0.25) is 0 Å². The Bertz CT molecular complexity index is 979. The zero-order valence-electron chi connectivity index (χ0n) is 13.9. The molecule has 0 unspecified atom stereocenters. The van der Waals surface area contributed by atoms with Crippen LogP contribution in [0, 0.1) is 0 Å². The van der Waals surface area contributed by atoms with Crippen LogP contribution in [0.25, 0.3) is 28.4 Å². The van der Waals surface area contributed by atoms with Crippen molar-refractivity contribution in [2.24, 2.45) is 0 Å².